The number of carbonyl (C=O) groups is 2. The van der Waals surface area contributed by atoms with Crippen LogP contribution in [0.1, 0.15) is 32.3 Å². The van der Waals surface area contributed by atoms with Gasteiger partial charge >= 0.3 is 5.97 Å². The van der Waals surface area contributed by atoms with Crippen molar-refractivity contribution >= 4 is 27.8 Å². The zero-order chi connectivity index (χ0) is 15.6. The van der Waals surface area contributed by atoms with Gasteiger partial charge in [-0.2, -0.15) is 0 Å². The molecule has 21 heavy (non-hydrogen) atoms. The molecule has 0 spiro atoms. The molecule has 0 atom stereocenters. The topological polar surface area (TPSA) is 57.6 Å². The normalized spacial score (nSPS) is 15.4. The van der Waals surface area contributed by atoms with Gasteiger partial charge in [-0.15, -0.1) is 0 Å². The lowest BCUT2D eigenvalue weighted by Gasteiger charge is -2.24. The van der Waals surface area contributed by atoms with Crippen molar-refractivity contribution in [2.75, 3.05) is 0 Å². The van der Waals surface area contributed by atoms with Crippen LogP contribution < -0.4 is 0 Å². The zero-order valence-corrected chi connectivity index (χ0v) is 13.7. The first kappa shape index (κ1) is 15.8. The first-order valence-corrected chi connectivity index (χ1v) is 7.66. The first-order valence-electron chi connectivity index (χ1n) is 6.87. The van der Waals surface area contributed by atoms with Crippen molar-refractivity contribution in [3.05, 3.63) is 45.4 Å². The van der Waals surface area contributed by atoms with Crippen molar-refractivity contribution in [2.45, 2.75) is 39.3 Å². The van der Waals surface area contributed by atoms with Crippen LogP contribution in [0.5, 0.6) is 0 Å². The van der Waals surface area contributed by atoms with Crippen molar-refractivity contribution in [3.63, 3.8) is 0 Å². The third kappa shape index (κ3) is 3.73. The Balaban J connectivity index is 2.24. The van der Waals surface area contributed by atoms with Gasteiger partial charge in [0.15, 0.2) is 0 Å². The van der Waals surface area contributed by atoms with Crippen molar-refractivity contribution in [3.8, 4) is 0 Å². The van der Waals surface area contributed by atoms with Gasteiger partial charge in [0.2, 0.25) is 0 Å². The second-order valence-corrected chi connectivity index (χ2v) is 6.17. The summed E-state index contributed by atoms with van der Waals surface area (Å²) in [7, 11) is 0. The second kappa shape index (κ2) is 6.43. The van der Waals surface area contributed by atoms with Crippen LogP contribution in [-0.4, -0.2) is 27.9 Å². The van der Waals surface area contributed by atoms with Gasteiger partial charge in [0.25, 0.3) is 5.91 Å². The van der Waals surface area contributed by atoms with Gasteiger partial charge in [0, 0.05) is 28.2 Å². The Kier molecular flexibility index (Phi) is 4.83. The van der Waals surface area contributed by atoms with Crippen molar-refractivity contribution < 1.29 is 14.7 Å². The number of halogens is 1. The number of aliphatic carboxylic acids is 1. The van der Waals surface area contributed by atoms with E-state index in [1.54, 1.807) is 11.8 Å². The van der Waals surface area contributed by atoms with E-state index in [-0.39, 0.29) is 17.5 Å². The summed E-state index contributed by atoms with van der Waals surface area (Å²) in [5, 5.41) is 9.04. The number of amides is 1. The van der Waals surface area contributed by atoms with Crippen LogP contribution in [0.25, 0.3) is 0 Å². The summed E-state index contributed by atoms with van der Waals surface area (Å²) < 4.78 is 0.958. The van der Waals surface area contributed by atoms with Gasteiger partial charge in [0.05, 0.1) is 0 Å². The van der Waals surface area contributed by atoms with Crippen LogP contribution in [0.4, 0.5) is 0 Å². The fourth-order valence-corrected chi connectivity index (χ4v) is 2.51. The number of nitrogens with zero attached hydrogens (tertiary/aromatic N) is 1. The Morgan fingerprint density at radius 1 is 1.24 bits per heavy atom. The molecule has 1 amide bonds. The summed E-state index contributed by atoms with van der Waals surface area (Å²) in [6.07, 6.45) is 1.96. The van der Waals surface area contributed by atoms with E-state index in [1.165, 1.54) is 6.92 Å². The molecule has 1 saturated carbocycles. The molecule has 1 aromatic rings. The van der Waals surface area contributed by atoms with E-state index < -0.39 is 5.97 Å². The molecule has 2 rings (SSSR count). The van der Waals surface area contributed by atoms with Gasteiger partial charge in [0.1, 0.15) is 0 Å². The van der Waals surface area contributed by atoms with E-state index in [9.17, 15) is 9.59 Å². The first-order chi connectivity index (χ1) is 9.91. The number of benzene rings is 1. The third-order valence-electron chi connectivity index (χ3n) is 3.75. The highest BCUT2D eigenvalue weighted by atomic mass is 79.9. The van der Waals surface area contributed by atoms with Gasteiger partial charge in [-0.25, -0.2) is 4.79 Å². The third-order valence-corrected chi connectivity index (χ3v) is 4.52. The lowest BCUT2D eigenvalue weighted by atomic mass is 10.1. The van der Waals surface area contributed by atoms with E-state index in [2.05, 4.69) is 15.9 Å². The van der Waals surface area contributed by atoms with Crippen LogP contribution in [-0.2, 0) is 16.1 Å². The number of hydrogen-bond donors (Lipinski definition) is 1. The van der Waals surface area contributed by atoms with Crippen LogP contribution in [0.2, 0.25) is 0 Å². The van der Waals surface area contributed by atoms with Gasteiger partial charge in [-0.3, -0.25) is 4.79 Å². The van der Waals surface area contributed by atoms with Crippen molar-refractivity contribution in [2.24, 2.45) is 0 Å². The average Bonchev–Trinajstić information content (AvgIpc) is 3.28. The van der Waals surface area contributed by atoms with Crippen LogP contribution in [0.3, 0.4) is 0 Å². The minimum Gasteiger partial charge on any atom is -0.478 e. The molecule has 0 unspecified atom stereocenters. The molecule has 1 aromatic carbocycles. The van der Waals surface area contributed by atoms with E-state index in [1.807, 2.05) is 24.3 Å². The van der Waals surface area contributed by atoms with Gasteiger partial charge in [-0.05, 0) is 38.3 Å². The molecular formula is C16H18BrNO3. The highest BCUT2D eigenvalue weighted by Gasteiger charge is 2.34. The number of hydrogen-bond acceptors (Lipinski definition) is 2. The maximum atomic E-state index is 12.6. The van der Waals surface area contributed by atoms with Crippen molar-refractivity contribution in [1.82, 2.24) is 4.90 Å². The number of carbonyl (C=O) groups excluding carboxylic acids is 1. The number of rotatable bonds is 5. The Hall–Kier alpha value is -1.62. The van der Waals surface area contributed by atoms with Gasteiger partial charge in [-0.1, -0.05) is 34.1 Å². The van der Waals surface area contributed by atoms with Crippen molar-refractivity contribution in [1.29, 1.82) is 0 Å². The summed E-state index contributed by atoms with van der Waals surface area (Å²) in [6, 6.07) is 7.99. The molecule has 0 aliphatic heterocycles. The molecule has 0 aromatic heterocycles. The highest BCUT2D eigenvalue weighted by Crippen LogP contribution is 2.31. The van der Waals surface area contributed by atoms with E-state index >= 15 is 0 Å². The predicted molar refractivity (Wildman–Crippen MR) is 83.7 cm³/mol. The lowest BCUT2D eigenvalue weighted by Crippen LogP contribution is -2.34. The monoisotopic (exact) mass is 351 g/mol. The molecule has 5 heteroatoms. The maximum absolute atomic E-state index is 12.6. The summed E-state index contributed by atoms with van der Waals surface area (Å²) in [4.78, 5) is 25.4. The molecule has 0 saturated heterocycles. The minimum absolute atomic E-state index is 0.109. The Labute approximate surface area is 132 Å². The molecule has 0 bridgehead atoms. The molecule has 1 fully saturated rings. The summed E-state index contributed by atoms with van der Waals surface area (Å²) >= 11 is 3.49. The van der Waals surface area contributed by atoms with Gasteiger partial charge < -0.3 is 10.0 Å². The second-order valence-electron chi connectivity index (χ2n) is 5.31. The molecule has 4 nitrogen and oxygen atoms in total. The standard InChI is InChI=1S/C16H18BrNO3/c1-10(11(2)16(20)21)15(19)18(13-7-8-13)9-12-5-3-4-6-14(12)17/h3-6,13H,7-9H2,1-2H3,(H,20,21). The Morgan fingerprint density at radius 2 is 1.86 bits per heavy atom. The quantitative estimate of drug-likeness (QED) is 0.827. The smallest absolute Gasteiger partial charge is 0.331 e. The predicted octanol–water partition coefficient (Wildman–Crippen LogP) is 3.36. The van der Waals surface area contributed by atoms with E-state index in [4.69, 9.17) is 5.11 Å². The highest BCUT2D eigenvalue weighted by molar-refractivity contribution is 9.10. The van der Waals surface area contributed by atoms with Crippen LogP contribution in [0.15, 0.2) is 39.9 Å². The maximum Gasteiger partial charge on any atom is 0.331 e. The molecule has 0 heterocycles. The minimum atomic E-state index is -1.04. The SMILES string of the molecule is CC(C(=O)O)=C(C)C(=O)N(Cc1ccccc1Br)C1CC1. The summed E-state index contributed by atoms with van der Waals surface area (Å²) in [6.45, 7) is 3.55. The largest absolute Gasteiger partial charge is 0.478 e. The van der Waals surface area contributed by atoms with E-state index in [0.29, 0.717) is 12.1 Å². The molecule has 0 radical (unpaired) electrons. The zero-order valence-electron chi connectivity index (χ0n) is 12.1. The molecule has 1 aliphatic carbocycles. The summed E-state index contributed by atoms with van der Waals surface area (Å²) in [5.41, 5.74) is 1.44. The molecule has 112 valence electrons. The number of carboxylic acid groups (broad SMARTS) is 1. The molecule has 1 N–H and O–H groups in total. The van der Waals surface area contributed by atoms with Crippen LogP contribution in [0, 0.1) is 0 Å². The molecular weight excluding hydrogens is 334 g/mol. The lowest BCUT2D eigenvalue weighted by molar-refractivity contribution is -0.134. The Morgan fingerprint density at radius 3 is 2.38 bits per heavy atom. The fraction of sp³-hybridized carbons (Fsp3) is 0.375. The Bertz CT molecular complexity index is 605. The fourth-order valence-electron chi connectivity index (χ4n) is 2.10. The van der Waals surface area contributed by atoms with Crippen LogP contribution >= 0.6 is 15.9 Å². The van der Waals surface area contributed by atoms with E-state index in [0.717, 1.165) is 22.9 Å². The summed E-state index contributed by atoms with van der Waals surface area (Å²) in [5.74, 6) is -1.23. The number of carboxylic acids is 1. The molecule has 1 aliphatic rings. The average molecular weight is 352 g/mol.